The van der Waals surface area contributed by atoms with Crippen LogP contribution in [0.2, 0.25) is 0 Å². The van der Waals surface area contributed by atoms with Crippen molar-refractivity contribution in [3.05, 3.63) is 64.7 Å². The second kappa shape index (κ2) is 7.63. The van der Waals surface area contributed by atoms with Crippen LogP contribution in [-0.2, 0) is 0 Å². The van der Waals surface area contributed by atoms with Gasteiger partial charge in [0.25, 0.3) is 0 Å². The average Bonchev–Trinajstić information content (AvgIpc) is 2.58. The van der Waals surface area contributed by atoms with Crippen LogP contribution < -0.4 is 10.6 Å². The number of anilines is 3. The van der Waals surface area contributed by atoms with Crippen LogP contribution in [0.4, 0.5) is 17.1 Å². The second-order valence-corrected chi connectivity index (χ2v) is 5.61. The van der Waals surface area contributed by atoms with Crippen molar-refractivity contribution >= 4 is 17.1 Å². The zero-order valence-corrected chi connectivity index (χ0v) is 13.6. The standard InChI is InChI=1S/C18H23N3O2/c1-3-18(4-2,21(22)23)14-19-15-10-12-17(13-11-15)20-16-8-6-5-7-9-16/h5-13,19-20H,3-4,14H2,1-2H3. The Kier molecular flexibility index (Phi) is 5.57. The van der Waals surface area contributed by atoms with Gasteiger partial charge in [-0.25, -0.2) is 0 Å². The van der Waals surface area contributed by atoms with Gasteiger partial charge in [-0.05, 0) is 36.4 Å². The molecule has 122 valence electrons. The number of benzene rings is 2. The molecule has 2 aromatic rings. The van der Waals surface area contributed by atoms with Gasteiger partial charge in [-0.2, -0.15) is 0 Å². The largest absolute Gasteiger partial charge is 0.378 e. The minimum atomic E-state index is -0.902. The van der Waals surface area contributed by atoms with Crippen LogP contribution in [0.3, 0.4) is 0 Å². The summed E-state index contributed by atoms with van der Waals surface area (Å²) in [6.45, 7) is 4.06. The van der Waals surface area contributed by atoms with Gasteiger partial charge in [-0.15, -0.1) is 0 Å². The molecular weight excluding hydrogens is 290 g/mol. The number of nitro groups is 1. The predicted octanol–water partition coefficient (Wildman–Crippen LogP) is 4.68. The van der Waals surface area contributed by atoms with Crippen LogP contribution in [0, 0.1) is 10.1 Å². The highest BCUT2D eigenvalue weighted by atomic mass is 16.6. The van der Waals surface area contributed by atoms with Gasteiger partial charge >= 0.3 is 0 Å². The summed E-state index contributed by atoms with van der Waals surface area (Å²) in [4.78, 5) is 11.2. The van der Waals surface area contributed by atoms with Gasteiger partial charge in [-0.1, -0.05) is 32.0 Å². The summed E-state index contributed by atoms with van der Waals surface area (Å²) < 4.78 is 0. The number of hydrogen-bond acceptors (Lipinski definition) is 4. The Morgan fingerprint density at radius 2 is 1.43 bits per heavy atom. The molecule has 0 bridgehead atoms. The van der Waals surface area contributed by atoms with Crippen LogP contribution in [-0.4, -0.2) is 17.0 Å². The highest BCUT2D eigenvalue weighted by Gasteiger charge is 2.38. The van der Waals surface area contributed by atoms with E-state index in [0.29, 0.717) is 19.4 Å². The Morgan fingerprint density at radius 3 is 1.96 bits per heavy atom. The van der Waals surface area contributed by atoms with Crippen LogP contribution in [0.15, 0.2) is 54.6 Å². The summed E-state index contributed by atoms with van der Waals surface area (Å²) >= 11 is 0. The van der Waals surface area contributed by atoms with Crippen molar-refractivity contribution in [2.75, 3.05) is 17.2 Å². The molecule has 0 aliphatic carbocycles. The van der Waals surface area contributed by atoms with Gasteiger partial charge in [0.05, 0.1) is 6.54 Å². The summed E-state index contributed by atoms with van der Waals surface area (Å²) in [6.07, 6.45) is 1.02. The maximum atomic E-state index is 11.3. The summed E-state index contributed by atoms with van der Waals surface area (Å²) in [5.41, 5.74) is 1.99. The summed E-state index contributed by atoms with van der Waals surface area (Å²) in [5.74, 6) is 0. The Balaban J connectivity index is 1.98. The van der Waals surface area contributed by atoms with Crippen LogP contribution in [0.25, 0.3) is 0 Å². The average molecular weight is 313 g/mol. The van der Waals surface area contributed by atoms with E-state index in [2.05, 4.69) is 10.6 Å². The maximum Gasteiger partial charge on any atom is 0.238 e. The molecule has 2 aromatic carbocycles. The lowest BCUT2D eigenvalue weighted by molar-refractivity contribution is -0.567. The van der Waals surface area contributed by atoms with Crippen LogP contribution >= 0.6 is 0 Å². The molecule has 0 unspecified atom stereocenters. The molecule has 5 heteroatoms. The van der Waals surface area contributed by atoms with E-state index in [1.165, 1.54) is 0 Å². The number of rotatable bonds is 8. The second-order valence-electron chi connectivity index (χ2n) is 5.61. The summed E-state index contributed by atoms with van der Waals surface area (Å²) in [5, 5.41) is 17.8. The van der Waals surface area contributed by atoms with Gasteiger partial charge in [0, 0.05) is 34.8 Å². The van der Waals surface area contributed by atoms with Crippen molar-refractivity contribution in [2.24, 2.45) is 0 Å². The smallest absolute Gasteiger partial charge is 0.238 e. The number of nitrogens with one attached hydrogen (secondary N) is 2. The van der Waals surface area contributed by atoms with E-state index in [9.17, 15) is 10.1 Å². The molecule has 0 radical (unpaired) electrons. The van der Waals surface area contributed by atoms with Gasteiger partial charge in [0.1, 0.15) is 0 Å². The molecule has 0 atom stereocenters. The molecule has 0 saturated carbocycles. The summed E-state index contributed by atoms with van der Waals surface area (Å²) in [6, 6.07) is 17.7. The minimum absolute atomic E-state index is 0.161. The molecule has 0 heterocycles. The minimum Gasteiger partial charge on any atom is -0.378 e. The Morgan fingerprint density at radius 1 is 0.913 bits per heavy atom. The zero-order chi connectivity index (χ0) is 16.7. The topological polar surface area (TPSA) is 67.2 Å². The van der Waals surface area contributed by atoms with Crippen LogP contribution in [0.5, 0.6) is 0 Å². The molecule has 0 aromatic heterocycles. The van der Waals surface area contributed by atoms with Crippen molar-refractivity contribution in [1.82, 2.24) is 0 Å². The number of hydrogen-bond donors (Lipinski definition) is 2. The molecule has 0 amide bonds. The molecule has 5 nitrogen and oxygen atoms in total. The summed E-state index contributed by atoms with van der Waals surface area (Å²) in [7, 11) is 0. The third-order valence-corrected chi connectivity index (χ3v) is 4.27. The molecule has 0 fully saturated rings. The predicted molar refractivity (Wildman–Crippen MR) is 95.0 cm³/mol. The number of para-hydroxylation sites is 1. The normalized spacial score (nSPS) is 11.0. The Bertz CT molecular complexity index is 622. The maximum absolute atomic E-state index is 11.3. The molecule has 0 saturated heterocycles. The lowest BCUT2D eigenvalue weighted by Gasteiger charge is -2.23. The molecule has 0 spiro atoms. The first-order valence-electron chi connectivity index (χ1n) is 7.90. The fourth-order valence-corrected chi connectivity index (χ4v) is 2.45. The fraction of sp³-hybridized carbons (Fsp3) is 0.333. The van der Waals surface area contributed by atoms with E-state index >= 15 is 0 Å². The van der Waals surface area contributed by atoms with E-state index in [1.807, 2.05) is 68.4 Å². The lowest BCUT2D eigenvalue weighted by Crippen LogP contribution is -2.43. The van der Waals surface area contributed by atoms with Crippen molar-refractivity contribution in [3.63, 3.8) is 0 Å². The van der Waals surface area contributed by atoms with Crippen molar-refractivity contribution in [2.45, 2.75) is 32.2 Å². The Hall–Kier alpha value is -2.56. The van der Waals surface area contributed by atoms with Gasteiger partial charge in [0.2, 0.25) is 5.54 Å². The third kappa shape index (κ3) is 4.22. The highest BCUT2D eigenvalue weighted by molar-refractivity contribution is 5.62. The molecule has 0 aliphatic rings. The van der Waals surface area contributed by atoms with E-state index in [4.69, 9.17) is 0 Å². The third-order valence-electron chi connectivity index (χ3n) is 4.27. The van der Waals surface area contributed by atoms with Gasteiger partial charge in [-0.3, -0.25) is 10.1 Å². The first kappa shape index (κ1) is 16.8. The molecular formula is C18H23N3O2. The Labute approximate surface area is 136 Å². The van der Waals surface area contributed by atoms with Crippen molar-refractivity contribution in [1.29, 1.82) is 0 Å². The SMILES string of the molecule is CCC(CC)(CNc1ccc(Nc2ccccc2)cc1)[N+](=O)[O-]. The van der Waals surface area contributed by atoms with Gasteiger partial charge < -0.3 is 10.6 Å². The van der Waals surface area contributed by atoms with Crippen LogP contribution in [0.1, 0.15) is 26.7 Å². The van der Waals surface area contributed by atoms with Gasteiger partial charge in [0.15, 0.2) is 0 Å². The van der Waals surface area contributed by atoms with E-state index in [1.54, 1.807) is 0 Å². The zero-order valence-electron chi connectivity index (χ0n) is 13.6. The monoisotopic (exact) mass is 313 g/mol. The first-order chi connectivity index (χ1) is 11.1. The first-order valence-corrected chi connectivity index (χ1v) is 7.90. The van der Waals surface area contributed by atoms with Crippen molar-refractivity contribution in [3.8, 4) is 0 Å². The highest BCUT2D eigenvalue weighted by Crippen LogP contribution is 2.22. The van der Waals surface area contributed by atoms with Crippen molar-refractivity contribution < 1.29 is 4.92 Å². The molecule has 2 rings (SSSR count). The molecule has 2 N–H and O–H groups in total. The fourth-order valence-electron chi connectivity index (χ4n) is 2.45. The van der Waals surface area contributed by atoms with E-state index < -0.39 is 5.54 Å². The van der Waals surface area contributed by atoms with E-state index in [-0.39, 0.29) is 4.92 Å². The molecule has 23 heavy (non-hydrogen) atoms. The molecule has 0 aliphatic heterocycles. The number of nitrogens with zero attached hydrogens (tertiary/aromatic N) is 1. The quantitative estimate of drug-likeness (QED) is 0.548. The lowest BCUT2D eigenvalue weighted by atomic mass is 9.93. The van der Waals surface area contributed by atoms with E-state index in [0.717, 1.165) is 17.1 Å².